The average Bonchev–Trinajstić information content (AvgIpc) is 3.11. The summed E-state index contributed by atoms with van der Waals surface area (Å²) in [4.78, 5) is 26.3. The molecule has 0 aromatic rings. The van der Waals surface area contributed by atoms with Crippen molar-refractivity contribution in [2.24, 2.45) is 0 Å². The zero-order valence-corrected chi connectivity index (χ0v) is 28.1. The third-order valence-corrected chi connectivity index (χ3v) is 19.8. The summed E-state index contributed by atoms with van der Waals surface area (Å²) in [7, 11) is -9.00. The first-order valence-corrected chi connectivity index (χ1v) is 20.9. The highest BCUT2D eigenvalue weighted by Gasteiger charge is 2.71. The fraction of sp³-hybridized carbons (Fsp3) is 0.826. The number of nitrogens with one attached hydrogen (secondary N) is 2. The fourth-order valence-corrected chi connectivity index (χ4v) is 8.60. The van der Waals surface area contributed by atoms with Crippen LogP contribution in [-0.2, 0) is 32.7 Å². The minimum absolute atomic E-state index is 0.0374. The number of carbonyl (C=O) groups is 2. The number of amides is 3. The Balaban J connectivity index is 1.87. The van der Waals surface area contributed by atoms with Gasteiger partial charge in [-0.15, -0.1) is 0 Å². The quantitative estimate of drug-likeness (QED) is 0.260. The Labute approximate surface area is 235 Å². The van der Waals surface area contributed by atoms with Crippen molar-refractivity contribution in [1.82, 2.24) is 15.5 Å². The molecule has 2 unspecified atom stereocenters. The molecule has 3 amide bonds. The molecule has 4 aliphatic heterocycles. The van der Waals surface area contributed by atoms with Crippen LogP contribution in [0.2, 0.25) is 36.3 Å². The third kappa shape index (κ3) is 4.73. The highest BCUT2D eigenvalue weighted by atomic mass is 79.9. The number of carbonyl (C=O) groups excluding carboxylic acids is 2. The van der Waals surface area contributed by atoms with E-state index in [2.05, 4.69) is 81.2 Å². The molecule has 4 heterocycles. The molecule has 15 heteroatoms. The van der Waals surface area contributed by atoms with Gasteiger partial charge in [0.1, 0.15) is 23.2 Å². The van der Waals surface area contributed by atoms with Gasteiger partial charge in [-0.05, 0) is 36.3 Å². The van der Waals surface area contributed by atoms with Crippen molar-refractivity contribution in [2.45, 2.75) is 113 Å². The molecule has 4 rings (SSSR count). The molecule has 0 saturated carbocycles. The molecule has 3 saturated heterocycles. The number of hydrogen-bond acceptors (Lipinski definition) is 9. The van der Waals surface area contributed by atoms with E-state index in [-0.39, 0.29) is 22.4 Å². The van der Waals surface area contributed by atoms with Crippen LogP contribution in [0.5, 0.6) is 0 Å². The number of imide groups is 1. The van der Waals surface area contributed by atoms with Gasteiger partial charge >= 0.3 is 6.03 Å². The summed E-state index contributed by atoms with van der Waals surface area (Å²) >= 11 is 3.37. The minimum atomic E-state index is -4.14. The Bertz CT molecular complexity index is 1170. The number of nitrogens with zero attached hydrogens (tertiary/aromatic N) is 1. The van der Waals surface area contributed by atoms with Gasteiger partial charge in [0.25, 0.3) is 10.1 Å². The standard InChI is InChI=1S/C23H40BrN3O8SSi2/c1-21(2,3)37(7,8)32-11-14-23-13(12-36(30,31)35-23)25-17-15(24)18(28)26-20(29)27(17)19(33-14)16(23)34-38(9,10)22(4,5)6/h12,14-17,19,25H,11H2,1-10H3,(H,26,28,29)/t14-,15?,16+,17?,19-,23-/m1/s1. The highest BCUT2D eigenvalue weighted by Crippen LogP contribution is 2.53. The zero-order valence-electron chi connectivity index (χ0n) is 23.7. The van der Waals surface area contributed by atoms with E-state index < -0.39 is 73.7 Å². The van der Waals surface area contributed by atoms with Crippen LogP contribution in [0.3, 0.4) is 0 Å². The van der Waals surface area contributed by atoms with Crippen molar-refractivity contribution in [3.05, 3.63) is 11.1 Å². The highest BCUT2D eigenvalue weighted by molar-refractivity contribution is 9.10. The second-order valence-corrected chi connectivity index (χ2v) is 25.4. The van der Waals surface area contributed by atoms with Gasteiger partial charge in [0, 0.05) is 0 Å². The van der Waals surface area contributed by atoms with Crippen LogP contribution in [0.1, 0.15) is 41.5 Å². The SMILES string of the molecule is CC(C)(C)[Si](C)(C)OC[C@H]1O[C@@H]2[C@H](O[Si](C)(C)C(C)(C)C)[C@]13OS(=O)(=O)C=C3NC1C(Br)C(=O)NC(=O)N12. The monoisotopic (exact) mass is 653 g/mol. The number of halogens is 1. The maximum Gasteiger partial charge on any atom is 0.327 e. The average molecular weight is 655 g/mol. The Morgan fingerprint density at radius 2 is 1.66 bits per heavy atom. The molecule has 1 spiro atoms. The van der Waals surface area contributed by atoms with Crippen molar-refractivity contribution in [2.75, 3.05) is 6.61 Å². The van der Waals surface area contributed by atoms with Crippen LogP contribution >= 0.6 is 15.9 Å². The third-order valence-electron chi connectivity index (χ3n) is 8.90. The lowest BCUT2D eigenvalue weighted by Gasteiger charge is -2.44. The van der Waals surface area contributed by atoms with E-state index in [1.54, 1.807) is 0 Å². The van der Waals surface area contributed by atoms with E-state index in [0.717, 1.165) is 5.41 Å². The topological polar surface area (TPSA) is 132 Å². The van der Waals surface area contributed by atoms with Crippen LogP contribution < -0.4 is 10.6 Å². The Kier molecular flexibility index (Phi) is 7.21. The first-order chi connectivity index (χ1) is 17.0. The van der Waals surface area contributed by atoms with Crippen molar-refractivity contribution >= 4 is 54.6 Å². The van der Waals surface area contributed by atoms with Crippen LogP contribution in [0.4, 0.5) is 4.79 Å². The molecule has 4 aliphatic rings. The maximum atomic E-state index is 13.2. The summed E-state index contributed by atoms with van der Waals surface area (Å²) in [6.45, 7) is 20.8. The molecule has 11 nitrogen and oxygen atoms in total. The van der Waals surface area contributed by atoms with E-state index >= 15 is 0 Å². The predicted octanol–water partition coefficient (Wildman–Crippen LogP) is 3.31. The van der Waals surface area contributed by atoms with E-state index in [1.807, 2.05) is 13.1 Å². The molecule has 216 valence electrons. The van der Waals surface area contributed by atoms with Gasteiger partial charge in [0.15, 0.2) is 28.5 Å². The molecule has 3 fully saturated rings. The first-order valence-electron chi connectivity index (χ1n) is 12.7. The van der Waals surface area contributed by atoms with E-state index in [9.17, 15) is 18.0 Å². The minimum Gasteiger partial charge on any atom is -0.414 e. The summed E-state index contributed by atoms with van der Waals surface area (Å²) in [6, 6.07) is -0.665. The second-order valence-electron chi connectivity index (χ2n) is 13.5. The van der Waals surface area contributed by atoms with Crippen molar-refractivity contribution < 1.29 is 35.8 Å². The maximum absolute atomic E-state index is 13.2. The molecule has 2 bridgehead atoms. The Morgan fingerprint density at radius 3 is 2.21 bits per heavy atom. The van der Waals surface area contributed by atoms with Crippen LogP contribution in [0, 0.1) is 0 Å². The van der Waals surface area contributed by atoms with Gasteiger partial charge in [-0.1, -0.05) is 57.5 Å². The number of fused-ring (bicyclic) bond motifs is 3. The summed E-state index contributed by atoms with van der Waals surface area (Å²) in [5, 5.41) is 6.17. The number of urea groups is 1. The molecule has 0 aromatic heterocycles. The summed E-state index contributed by atoms with van der Waals surface area (Å²) in [6.07, 6.45) is -3.90. The van der Waals surface area contributed by atoms with Crippen molar-refractivity contribution in [3.63, 3.8) is 0 Å². The molecule has 0 aliphatic carbocycles. The van der Waals surface area contributed by atoms with Crippen LogP contribution in [-0.4, -0.2) is 83.5 Å². The normalized spacial score (nSPS) is 35.2. The second kappa shape index (κ2) is 9.09. The predicted molar refractivity (Wildman–Crippen MR) is 150 cm³/mol. The summed E-state index contributed by atoms with van der Waals surface area (Å²) in [5.74, 6) is -0.544. The molecule has 2 N–H and O–H groups in total. The molecule has 0 radical (unpaired) electrons. The van der Waals surface area contributed by atoms with Gasteiger partial charge in [0.2, 0.25) is 5.91 Å². The van der Waals surface area contributed by atoms with Gasteiger partial charge in [-0.3, -0.25) is 15.0 Å². The number of alkyl halides is 1. The largest absolute Gasteiger partial charge is 0.414 e. The van der Waals surface area contributed by atoms with Crippen molar-refractivity contribution in [3.8, 4) is 0 Å². The Morgan fingerprint density at radius 1 is 1.08 bits per heavy atom. The van der Waals surface area contributed by atoms with Gasteiger partial charge < -0.3 is 18.9 Å². The molecule has 6 atom stereocenters. The lowest BCUT2D eigenvalue weighted by molar-refractivity contribution is -0.130. The van der Waals surface area contributed by atoms with E-state index in [1.165, 1.54) is 4.90 Å². The summed E-state index contributed by atoms with van der Waals surface area (Å²) in [5.41, 5.74) is -1.44. The Hall–Kier alpha value is -0.816. The van der Waals surface area contributed by atoms with Gasteiger partial charge in [-0.25, -0.2) is 8.98 Å². The summed E-state index contributed by atoms with van der Waals surface area (Å²) < 4.78 is 51.9. The van der Waals surface area contributed by atoms with E-state index in [0.29, 0.717) is 0 Å². The number of ether oxygens (including phenoxy) is 1. The molecular weight excluding hydrogens is 614 g/mol. The van der Waals surface area contributed by atoms with Crippen molar-refractivity contribution in [1.29, 1.82) is 0 Å². The van der Waals surface area contributed by atoms with Gasteiger partial charge in [0.05, 0.1) is 17.7 Å². The zero-order chi connectivity index (χ0) is 28.9. The first kappa shape index (κ1) is 30.1. The van der Waals surface area contributed by atoms with Crippen LogP contribution in [0.25, 0.3) is 0 Å². The molecule has 38 heavy (non-hydrogen) atoms. The van der Waals surface area contributed by atoms with E-state index in [4.69, 9.17) is 17.8 Å². The molecule has 0 aromatic carbocycles. The smallest absolute Gasteiger partial charge is 0.327 e. The number of rotatable bonds is 5. The lowest BCUT2D eigenvalue weighted by atomic mass is 9.89. The molecular formula is C23H40BrN3O8SSi2. The van der Waals surface area contributed by atoms with Crippen LogP contribution in [0.15, 0.2) is 11.1 Å². The van der Waals surface area contributed by atoms with Gasteiger partial charge in [-0.2, -0.15) is 8.42 Å². The number of hydrogen-bond donors (Lipinski definition) is 2. The lowest BCUT2D eigenvalue weighted by Crippen LogP contribution is -2.68. The fourth-order valence-electron chi connectivity index (χ4n) is 4.55.